The van der Waals surface area contributed by atoms with E-state index in [2.05, 4.69) is 5.32 Å². The van der Waals surface area contributed by atoms with E-state index in [9.17, 15) is 4.79 Å². The number of carbonyl (C=O) groups is 1. The second-order valence-corrected chi connectivity index (χ2v) is 5.64. The molecule has 0 aliphatic carbocycles. The average Bonchev–Trinajstić information content (AvgIpc) is 2.37. The quantitative estimate of drug-likeness (QED) is 0.718. The molecule has 106 valence electrons. The maximum atomic E-state index is 11.1. The highest BCUT2D eigenvalue weighted by molar-refractivity contribution is 7.99. The van der Waals surface area contributed by atoms with Crippen LogP contribution in [0.1, 0.15) is 20.3 Å². The highest BCUT2D eigenvalue weighted by Crippen LogP contribution is 2.29. The summed E-state index contributed by atoms with van der Waals surface area (Å²) < 4.78 is 5.26. The molecule has 0 aliphatic rings. The zero-order chi connectivity index (χ0) is 14.3. The minimum atomic E-state index is -0.797. The first-order chi connectivity index (χ1) is 9.04. The molecule has 1 atom stereocenters. The molecule has 2 N–H and O–H groups in total. The number of methoxy groups -OCH3 is 1. The molecule has 5 heteroatoms. The molecule has 0 spiro atoms. The number of benzene rings is 1. The van der Waals surface area contributed by atoms with Gasteiger partial charge in [0.25, 0.3) is 0 Å². The summed E-state index contributed by atoms with van der Waals surface area (Å²) in [5.41, 5.74) is 0. The SMILES string of the molecule is COc1ccccc1SCCC(NC(C)C)C(=O)O. The van der Waals surface area contributed by atoms with Crippen LogP contribution in [0.25, 0.3) is 0 Å². The van der Waals surface area contributed by atoms with Crippen molar-refractivity contribution < 1.29 is 14.6 Å². The Hall–Kier alpha value is -1.20. The van der Waals surface area contributed by atoms with Crippen LogP contribution in [-0.4, -0.2) is 36.0 Å². The van der Waals surface area contributed by atoms with Gasteiger partial charge in [0.05, 0.1) is 7.11 Å². The molecular weight excluding hydrogens is 262 g/mol. The van der Waals surface area contributed by atoms with Crippen molar-refractivity contribution in [3.63, 3.8) is 0 Å². The van der Waals surface area contributed by atoms with Crippen molar-refractivity contribution in [3.05, 3.63) is 24.3 Å². The van der Waals surface area contributed by atoms with Crippen LogP contribution >= 0.6 is 11.8 Å². The number of carboxylic acids is 1. The van der Waals surface area contributed by atoms with Crippen molar-refractivity contribution in [3.8, 4) is 5.75 Å². The number of rotatable bonds is 8. The lowest BCUT2D eigenvalue weighted by Gasteiger charge is -2.17. The Morgan fingerprint density at radius 1 is 1.42 bits per heavy atom. The van der Waals surface area contributed by atoms with Gasteiger partial charge in [-0.1, -0.05) is 26.0 Å². The molecule has 0 bridgehead atoms. The fourth-order valence-electron chi connectivity index (χ4n) is 1.71. The van der Waals surface area contributed by atoms with Crippen LogP contribution in [0.5, 0.6) is 5.75 Å². The van der Waals surface area contributed by atoms with Gasteiger partial charge in [0.1, 0.15) is 11.8 Å². The van der Waals surface area contributed by atoms with Gasteiger partial charge in [0.15, 0.2) is 0 Å². The van der Waals surface area contributed by atoms with Gasteiger partial charge < -0.3 is 15.2 Å². The van der Waals surface area contributed by atoms with Crippen molar-refractivity contribution in [2.45, 2.75) is 37.2 Å². The smallest absolute Gasteiger partial charge is 0.320 e. The summed E-state index contributed by atoms with van der Waals surface area (Å²) in [6, 6.07) is 7.42. The molecule has 0 amide bonds. The van der Waals surface area contributed by atoms with Crippen LogP contribution < -0.4 is 10.1 Å². The third-order valence-corrected chi connectivity index (χ3v) is 3.65. The molecule has 1 aromatic rings. The van der Waals surface area contributed by atoms with Gasteiger partial charge in [-0.25, -0.2) is 0 Å². The van der Waals surface area contributed by atoms with E-state index in [1.165, 1.54) is 0 Å². The Kier molecular flexibility index (Phi) is 6.73. The molecule has 0 heterocycles. The molecule has 0 fully saturated rings. The van der Waals surface area contributed by atoms with E-state index < -0.39 is 12.0 Å². The Morgan fingerprint density at radius 3 is 2.68 bits per heavy atom. The highest BCUT2D eigenvalue weighted by Gasteiger charge is 2.17. The van der Waals surface area contributed by atoms with Gasteiger partial charge in [-0.3, -0.25) is 4.79 Å². The van der Waals surface area contributed by atoms with Gasteiger partial charge in [-0.2, -0.15) is 0 Å². The van der Waals surface area contributed by atoms with E-state index >= 15 is 0 Å². The first kappa shape index (κ1) is 15.9. The molecule has 0 radical (unpaired) electrons. The van der Waals surface area contributed by atoms with E-state index in [0.29, 0.717) is 6.42 Å². The summed E-state index contributed by atoms with van der Waals surface area (Å²) in [5, 5.41) is 12.2. The van der Waals surface area contributed by atoms with E-state index in [-0.39, 0.29) is 6.04 Å². The van der Waals surface area contributed by atoms with Crippen LogP contribution in [0.4, 0.5) is 0 Å². The standard InChI is InChI=1S/C14H21NO3S/c1-10(2)15-11(14(16)17)8-9-19-13-7-5-4-6-12(13)18-3/h4-7,10-11,15H,8-9H2,1-3H3,(H,16,17). The number of hydrogen-bond donors (Lipinski definition) is 2. The normalized spacial score (nSPS) is 12.4. The molecule has 0 saturated carbocycles. The number of aliphatic carboxylic acids is 1. The van der Waals surface area contributed by atoms with Crippen LogP contribution in [0, 0.1) is 0 Å². The van der Waals surface area contributed by atoms with Gasteiger partial charge in [-0.15, -0.1) is 11.8 Å². The topological polar surface area (TPSA) is 58.6 Å². The van der Waals surface area contributed by atoms with Crippen molar-refractivity contribution in [1.82, 2.24) is 5.32 Å². The predicted octanol–water partition coefficient (Wildman–Crippen LogP) is 2.63. The summed E-state index contributed by atoms with van der Waals surface area (Å²) in [5.74, 6) is 0.766. The molecule has 0 saturated heterocycles. The van der Waals surface area contributed by atoms with Gasteiger partial charge >= 0.3 is 5.97 Å². The van der Waals surface area contributed by atoms with Gasteiger partial charge in [-0.05, 0) is 18.6 Å². The first-order valence-electron chi connectivity index (χ1n) is 6.29. The minimum Gasteiger partial charge on any atom is -0.496 e. The second kappa shape index (κ2) is 8.07. The number of ether oxygens (including phenoxy) is 1. The van der Waals surface area contributed by atoms with E-state index in [0.717, 1.165) is 16.4 Å². The molecule has 1 aromatic carbocycles. The Balaban J connectivity index is 2.49. The van der Waals surface area contributed by atoms with Crippen LogP contribution in [0.3, 0.4) is 0 Å². The summed E-state index contributed by atoms with van der Waals surface area (Å²) in [7, 11) is 1.64. The van der Waals surface area contributed by atoms with Crippen molar-refractivity contribution in [2.75, 3.05) is 12.9 Å². The van der Waals surface area contributed by atoms with Gasteiger partial charge in [0, 0.05) is 16.7 Å². The van der Waals surface area contributed by atoms with Crippen LogP contribution in [0.2, 0.25) is 0 Å². The molecule has 1 unspecified atom stereocenters. The molecule has 0 aromatic heterocycles. The Morgan fingerprint density at radius 2 is 2.11 bits per heavy atom. The molecule has 1 rings (SSSR count). The van der Waals surface area contributed by atoms with Crippen molar-refractivity contribution in [1.29, 1.82) is 0 Å². The Labute approximate surface area is 118 Å². The third-order valence-electron chi connectivity index (χ3n) is 2.57. The van der Waals surface area contributed by atoms with Crippen molar-refractivity contribution >= 4 is 17.7 Å². The van der Waals surface area contributed by atoms with Crippen LogP contribution in [-0.2, 0) is 4.79 Å². The number of hydrogen-bond acceptors (Lipinski definition) is 4. The molecule has 4 nitrogen and oxygen atoms in total. The summed E-state index contributed by atoms with van der Waals surface area (Å²) in [6.45, 7) is 3.90. The molecular formula is C14H21NO3S. The third kappa shape index (κ3) is 5.53. The monoisotopic (exact) mass is 283 g/mol. The summed E-state index contributed by atoms with van der Waals surface area (Å²) in [6.07, 6.45) is 0.580. The largest absolute Gasteiger partial charge is 0.496 e. The second-order valence-electron chi connectivity index (χ2n) is 4.50. The van der Waals surface area contributed by atoms with E-state index in [1.54, 1.807) is 18.9 Å². The number of nitrogens with one attached hydrogen (secondary N) is 1. The average molecular weight is 283 g/mol. The zero-order valence-corrected chi connectivity index (χ0v) is 12.4. The highest BCUT2D eigenvalue weighted by atomic mass is 32.2. The molecule has 19 heavy (non-hydrogen) atoms. The number of thioether (sulfide) groups is 1. The lowest BCUT2D eigenvalue weighted by atomic mass is 10.2. The van der Waals surface area contributed by atoms with E-state index in [1.807, 2.05) is 38.1 Å². The number of para-hydroxylation sites is 1. The summed E-state index contributed by atoms with van der Waals surface area (Å²) >= 11 is 1.62. The first-order valence-corrected chi connectivity index (χ1v) is 7.27. The van der Waals surface area contributed by atoms with Gasteiger partial charge in [0.2, 0.25) is 0 Å². The summed E-state index contributed by atoms with van der Waals surface area (Å²) in [4.78, 5) is 12.1. The van der Waals surface area contributed by atoms with Crippen LogP contribution in [0.15, 0.2) is 29.2 Å². The number of carboxylic acid groups (broad SMARTS) is 1. The Bertz CT molecular complexity index is 409. The minimum absolute atomic E-state index is 0.164. The molecule has 0 aliphatic heterocycles. The van der Waals surface area contributed by atoms with E-state index in [4.69, 9.17) is 9.84 Å². The fraction of sp³-hybridized carbons (Fsp3) is 0.500. The maximum Gasteiger partial charge on any atom is 0.320 e. The maximum absolute atomic E-state index is 11.1. The lowest BCUT2D eigenvalue weighted by molar-refractivity contribution is -0.139. The zero-order valence-electron chi connectivity index (χ0n) is 11.6. The predicted molar refractivity (Wildman–Crippen MR) is 78.0 cm³/mol. The lowest BCUT2D eigenvalue weighted by Crippen LogP contribution is -2.41. The fourth-order valence-corrected chi connectivity index (χ4v) is 2.75. The van der Waals surface area contributed by atoms with Crippen molar-refractivity contribution in [2.24, 2.45) is 0 Å².